The Balaban J connectivity index is 3.08. The average molecular weight is 203 g/mol. The number of urea groups is 1. The number of hydrogen-bond acceptors (Lipinski definition) is 1. The van der Waals surface area contributed by atoms with Crippen molar-refractivity contribution in [3.8, 4) is 0 Å². The first kappa shape index (κ1) is 9.80. The van der Waals surface area contributed by atoms with Crippen molar-refractivity contribution < 1.29 is 9.18 Å². The minimum atomic E-state index is -0.729. The van der Waals surface area contributed by atoms with Gasteiger partial charge in [-0.25, -0.2) is 9.18 Å². The van der Waals surface area contributed by atoms with Crippen LogP contribution in [0.5, 0.6) is 0 Å². The molecule has 13 heavy (non-hydrogen) atoms. The average Bonchev–Trinajstić information content (AvgIpc) is 1.99. The summed E-state index contributed by atoms with van der Waals surface area (Å²) in [5.74, 6) is -0.417. The standard InChI is InChI=1S/C8H8ClFN2O/c1-4-2-7(12-8(11)13)5(9)3-6(4)10/h2-3H,1H3,(H3,11,12,13). The second-order valence-electron chi connectivity index (χ2n) is 2.57. The molecule has 0 aliphatic carbocycles. The van der Waals surface area contributed by atoms with Gasteiger partial charge in [-0.2, -0.15) is 0 Å². The summed E-state index contributed by atoms with van der Waals surface area (Å²) in [5, 5.41) is 2.41. The molecule has 0 heterocycles. The van der Waals surface area contributed by atoms with Crippen molar-refractivity contribution in [3.63, 3.8) is 0 Å². The molecule has 0 aromatic heterocycles. The van der Waals surface area contributed by atoms with E-state index in [9.17, 15) is 9.18 Å². The predicted octanol–water partition coefficient (Wildman–Crippen LogP) is 2.28. The molecular weight excluding hydrogens is 195 g/mol. The maximum absolute atomic E-state index is 12.9. The number of amides is 2. The lowest BCUT2D eigenvalue weighted by molar-refractivity contribution is 0.259. The van der Waals surface area contributed by atoms with Crippen LogP contribution in [0.3, 0.4) is 0 Å². The van der Waals surface area contributed by atoms with E-state index in [4.69, 9.17) is 17.3 Å². The minimum absolute atomic E-state index is 0.127. The molecule has 0 saturated carbocycles. The Morgan fingerprint density at radius 3 is 2.77 bits per heavy atom. The van der Waals surface area contributed by atoms with Crippen molar-refractivity contribution in [2.45, 2.75) is 6.92 Å². The summed E-state index contributed by atoms with van der Waals surface area (Å²) in [7, 11) is 0. The molecule has 1 rings (SSSR count). The third-order valence-corrected chi connectivity index (χ3v) is 1.82. The molecule has 0 atom stereocenters. The highest BCUT2D eigenvalue weighted by atomic mass is 35.5. The lowest BCUT2D eigenvalue weighted by atomic mass is 10.2. The highest BCUT2D eigenvalue weighted by Crippen LogP contribution is 2.24. The molecule has 1 aromatic carbocycles. The molecule has 0 unspecified atom stereocenters. The fraction of sp³-hybridized carbons (Fsp3) is 0.125. The summed E-state index contributed by atoms with van der Waals surface area (Å²) < 4.78 is 12.9. The van der Waals surface area contributed by atoms with Gasteiger partial charge in [0.2, 0.25) is 0 Å². The molecule has 1 aromatic rings. The summed E-state index contributed by atoms with van der Waals surface area (Å²) in [6.45, 7) is 1.57. The van der Waals surface area contributed by atoms with E-state index in [-0.39, 0.29) is 5.02 Å². The second-order valence-corrected chi connectivity index (χ2v) is 2.98. The van der Waals surface area contributed by atoms with Crippen molar-refractivity contribution in [3.05, 3.63) is 28.5 Å². The molecule has 3 nitrogen and oxygen atoms in total. The van der Waals surface area contributed by atoms with Crippen LogP contribution in [0.25, 0.3) is 0 Å². The highest BCUT2D eigenvalue weighted by Gasteiger charge is 2.06. The smallest absolute Gasteiger partial charge is 0.316 e. The second kappa shape index (κ2) is 3.62. The van der Waals surface area contributed by atoms with Crippen LogP contribution in [0.4, 0.5) is 14.9 Å². The summed E-state index contributed by atoms with van der Waals surface area (Å²) in [6, 6.07) is 1.82. The van der Waals surface area contributed by atoms with E-state index < -0.39 is 11.8 Å². The number of rotatable bonds is 1. The van der Waals surface area contributed by atoms with Gasteiger partial charge < -0.3 is 11.1 Å². The Kier molecular flexibility index (Phi) is 2.72. The van der Waals surface area contributed by atoms with Gasteiger partial charge in [0, 0.05) is 0 Å². The summed E-state index contributed by atoms with van der Waals surface area (Å²) >= 11 is 5.64. The number of primary amides is 1. The number of nitrogens with one attached hydrogen (secondary N) is 1. The Morgan fingerprint density at radius 1 is 1.62 bits per heavy atom. The molecule has 0 bridgehead atoms. The van der Waals surface area contributed by atoms with Gasteiger partial charge in [0.25, 0.3) is 0 Å². The molecule has 0 saturated heterocycles. The molecule has 3 N–H and O–H groups in total. The van der Waals surface area contributed by atoms with E-state index >= 15 is 0 Å². The van der Waals surface area contributed by atoms with Crippen LogP contribution in [0, 0.1) is 12.7 Å². The van der Waals surface area contributed by atoms with E-state index in [2.05, 4.69) is 5.32 Å². The number of anilines is 1. The molecule has 0 spiro atoms. The minimum Gasteiger partial charge on any atom is -0.351 e. The van der Waals surface area contributed by atoms with Crippen LogP contribution in [0.15, 0.2) is 12.1 Å². The lowest BCUT2D eigenvalue weighted by Gasteiger charge is -2.05. The lowest BCUT2D eigenvalue weighted by Crippen LogP contribution is -2.19. The largest absolute Gasteiger partial charge is 0.351 e. The van der Waals surface area contributed by atoms with Crippen LogP contribution in [0.1, 0.15) is 5.56 Å². The van der Waals surface area contributed by atoms with E-state index in [0.717, 1.165) is 6.07 Å². The molecule has 0 radical (unpaired) electrons. The van der Waals surface area contributed by atoms with Crippen molar-refractivity contribution in [1.82, 2.24) is 0 Å². The number of carbonyl (C=O) groups is 1. The van der Waals surface area contributed by atoms with Crippen molar-refractivity contribution >= 4 is 23.3 Å². The summed E-state index contributed by atoms with van der Waals surface area (Å²) in [5.41, 5.74) is 5.59. The van der Waals surface area contributed by atoms with E-state index in [1.807, 2.05) is 0 Å². The van der Waals surface area contributed by atoms with Crippen LogP contribution in [-0.4, -0.2) is 6.03 Å². The van der Waals surface area contributed by atoms with E-state index in [0.29, 0.717) is 11.3 Å². The van der Waals surface area contributed by atoms with Gasteiger partial charge in [0.1, 0.15) is 5.82 Å². The first-order valence-electron chi connectivity index (χ1n) is 3.53. The van der Waals surface area contributed by atoms with Crippen molar-refractivity contribution in [2.24, 2.45) is 5.73 Å². The maximum Gasteiger partial charge on any atom is 0.316 e. The zero-order valence-corrected chi connectivity index (χ0v) is 7.65. The van der Waals surface area contributed by atoms with Gasteiger partial charge in [0.15, 0.2) is 0 Å². The Hall–Kier alpha value is -1.29. The van der Waals surface area contributed by atoms with Gasteiger partial charge >= 0.3 is 6.03 Å². The summed E-state index contributed by atoms with van der Waals surface area (Å²) in [4.78, 5) is 10.5. The molecule has 0 fully saturated rings. The predicted molar refractivity (Wildman–Crippen MR) is 49.4 cm³/mol. The van der Waals surface area contributed by atoms with Crippen LogP contribution in [-0.2, 0) is 0 Å². The Morgan fingerprint density at radius 2 is 2.23 bits per heavy atom. The number of benzene rings is 1. The van der Waals surface area contributed by atoms with Crippen molar-refractivity contribution in [1.29, 1.82) is 0 Å². The monoisotopic (exact) mass is 202 g/mol. The van der Waals surface area contributed by atoms with Gasteiger partial charge in [0.05, 0.1) is 10.7 Å². The number of hydrogen-bond donors (Lipinski definition) is 2. The van der Waals surface area contributed by atoms with E-state index in [1.54, 1.807) is 6.92 Å². The highest BCUT2D eigenvalue weighted by molar-refractivity contribution is 6.33. The Bertz CT molecular complexity index is 354. The molecule has 2 amide bonds. The topological polar surface area (TPSA) is 55.1 Å². The normalized spacial score (nSPS) is 9.77. The first-order chi connectivity index (χ1) is 6.00. The van der Waals surface area contributed by atoms with Crippen LogP contribution >= 0.6 is 11.6 Å². The zero-order valence-electron chi connectivity index (χ0n) is 6.90. The van der Waals surface area contributed by atoms with Crippen LogP contribution in [0.2, 0.25) is 5.02 Å². The maximum atomic E-state index is 12.9. The van der Waals surface area contributed by atoms with Crippen molar-refractivity contribution in [2.75, 3.05) is 5.32 Å². The third kappa shape index (κ3) is 2.32. The SMILES string of the molecule is Cc1cc(NC(N)=O)c(Cl)cc1F. The van der Waals surface area contributed by atoms with E-state index in [1.165, 1.54) is 6.07 Å². The molecule has 0 aliphatic rings. The zero-order chi connectivity index (χ0) is 10.0. The number of nitrogens with two attached hydrogens (primary N) is 1. The molecule has 70 valence electrons. The Labute approximate surface area is 79.7 Å². The number of aryl methyl sites for hydroxylation is 1. The molecule has 0 aliphatic heterocycles. The quantitative estimate of drug-likeness (QED) is 0.721. The molecule has 5 heteroatoms. The fourth-order valence-corrected chi connectivity index (χ4v) is 1.08. The first-order valence-corrected chi connectivity index (χ1v) is 3.90. The van der Waals surface area contributed by atoms with Gasteiger partial charge in [-0.05, 0) is 24.6 Å². The van der Waals surface area contributed by atoms with Gasteiger partial charge in [-0.1, -0.05) is 11.6 Å². The number of carbonyl (C=O) groups excluding carboxylic acids is 1. The third-order valence-electron chi connectivity index (χ3n) is 1.51. The summed E-state index contributed by atoms with van der Waals surface area (Å²) in [6.07, 6.45) is 0. The fourth-order valence-electron chi connectivity index (χ4n) is 0.886. The number of halogens is 2. The van der Waals surface area contributed by atoms with Crippen LogP contribution < -0.4 is 11.1 Å². The van der Waals surface area contributed by atoms with Gasteiger partial charge in [-0.15, -0.1) is 0 Å². The van der Waals surface area contributed by atoms with Gasteiger partial charge in [-0.3, -0.25) is 0 Å². The molecular formula is C8H8ClFN2O.